The summed E-state index contributed by atoms with van der Waals surface area (Å²) in [6.45, 7) is 3.26. The summed E-state index contributed by atoms with van der Waals surface area (Å²) in [6.07, 6.45) is 2.30. The van der Waals surface area contributed by atoms with Crippen LogP contribution in [-0.4, -0.2) is 39.8 Å². The quantitative estimate of drug-likeness (QED) is 0.408. The topological polar surface area (TPSA) is 122 Å². The molecule has 1 heterocycles. The summed E-state index contributed by atoms with van der Waals surface area (Å²) in [6, 6.07) is 2.24. The molecule has 1 aromatic carbocycles. The number of carbonyl (C=O) groups is 3. The summed E-state index contributed by atoms with van der Waals surface area (Å²) < 4.78 is 13.4. The lowest BCUT2D eigenvalue weighted by Gasteiger charge is -2.25. The second-order valence-corrected chi connectivity index (χ2v) is 6.38. The molecule has 4 amide bonds. The zero-order valence-electron chi connectivity index (χ0n) is 15.1. The van der Waals surface area contributed by atoms with Gasteiger partial charge in [-0.25, -0.2) is 4.79 Å². The van der Waals surface area contributed by atoms with Crippen LogP contribution in [0, 0.1) is 15.9 Å². The molecule has 0 aromatic heterocycles. The largest absolute Gasteiger partial charge is 0.325 e. The van der Waals surface area contributed by atoms with Crippen LogP contribution >= 0.6 is 0 Å². The molecule has 0 bridgehead atoms. The Morgan fingerprint density at radius 3 is 2.48 bits per heavy atom. The molecule has 0 saturated carbocycles. The van der Waals surface area contributed by atoms with E-state index in [2.05, 4.69) is 10.6 Å². The van der Waals surface area contributed by atoms with Gasteiger partial charge in [-0.1, -0.05) is 26.7 Å². The number of carbonyl (C=O) groups excluding carboxylic acids is 3. The minimum atomic E-state index is -1.03. The smallest absolute Gasteiger partial charge is 0.324 e. The number of amides is 4. The van der Waals surface area contributed by atoms with Crippen LogP contribution in [-0.2, 0) is 9.59 Å². The highest BCUT2D eigenvalue weighted by molar-refractivity contribution is 6.10. The maximum absolute atomic E-state index is 13.4. The first kappa shape index (κ1) is 20.3. The molecular formula is C17H21FN4O5. The molecule has 2 N–H and O–H groups in total. The molecule has 146 valence electrons. The number of halogens is 1. The van der Waals surface area contributed by atoms with Crippen molar-refractivity contribution in [3.63, 3.8) is 0 Å². The zero-order chi connectivity index (χ0) is 20.2. The van der Waals surface area contributed by atoms with E-state index in [-0.39, 0.29) is 5.69 Å². The molecule has 0 unspecified atom stereocenters. The highest BCUT2D eigenvalue weighted by atomic mass is 19.1. The number of urea groups is 1. The van der Waals surface area contributed by atoms with Crippen LogP contribution in [0.15, 0.2) is 18.2 Å². The molecular weight excluding hydrogens is 359 g/mol. The fourth-order valence-corrected chi connectivity index (χ4v) is 3.21. The van der Waals surface area contributed by atoms with Gasteiger partial charge in [0.25, 0.3) is 5.91 Å². The van der Waals surface area contributed by atoms with Gasteiger partial charge in [0, 0.05) is 11.8 Å². The molecule has 0 radical (unpaired) electrons. The Bertz CT molecular complexity index is 777. The van der Waals surface area contributed by atoms with Crippen LogP contribution in [0.5, 0.6) is 0 Å². The van der Waals surface area contributed by atoms with Crippen molar-refractivity contribution >= 4 is 29.2 Å². The first-order valence-corrected chi connectivity index (χ1v) is 8.62. The lowest BCUT2D eigenvalue weighted by Crippen LogP contribution is -2.47. The predicted octanol–water partition coefficient (Wildman–Crippen LogP) is 2.56. The lowest BCUT2D eigenvalue weighted by molar-refractivity contribution is -0.387. The monoisotopic (exact) mass is 380 g/mol. The van der Waals surface area contributed by atoms with Gasteiger partial charge in [0.1, 0.15) is 12.1 Å². The maximum atomic E-state index is 13.4. The molecule has 1 aliphatic heterocycles. The van der Waals surface area contributed by atoms with E-state index in [0.717, 1.165) is 23.1 Å². The number of rotatable bonds is 8. The van der Waals surface area contributed by atoms with E-state index in [4.69, 9.17) is 0 Å². The van der Waals surface area contributed by atoms with Gasteiger partial charge in [0.05, 0.1) is 4.92 Å². The SMILES string of the molecule is CCCC1(CCC)NC(=O)N(CC(=O)Nc2ccc(F)c([N+](=O)[O-])c2)C1=O. The van der Waals surface area contributed by atoms with Gasteiger partial charge in [0.2, 0.25) is 11.7 Å². The number of nitro groups is 1. The van der Waals surface area contributed by atoms with Crippen molar-refractivity contribution in [2.24, 2.45) is 0 Å². The van der Waals surface area contributed by atoms with Gasteiger partial charge in [-0.3, -0.25) is 24.6 Å². The lowest BCUT2D eigenvalue weighted by atomic mass is 9.88. The van der Waals surface area contributed by atoms with Crippen LogP contribution in [0.1, 0.15) is 39.5 Å². The van der Waals surface area contributed by atoms with E-state index in [1.54, 1.807) is 0 Å². The first-order valence-electron chi connectivity index (χ1n) is 8.62. The molecule has 1 saturated heterocycles. The maximum Gasteiger partial charge on any atom is 0.325 e. The fraction of sp³-hybridized carbons (Fsp3) is 0.471. The van der Waals surface area contributed by atoms with Crippen molar-refractivity contribution in [3.05, 3.63) is 34.1 Å². The zero-order valence-corrected chi connectivity index (χ0v) is 15.1. The second-order valence-electron chi connectivity index (χ2n) is 6.38. The van der Waals surface area contributed by atoms with E-state index < -0.39 is 46.4 Å². The van der Waals surface area contributed by atoms with E-state index >= 15 is 0 Å². The Morgan fingerprint density at radius 1 is 1.30 bits per heavy atom. The number of nitrogens with zero attached hydrogens (tertiary/aromatic N) is 2. The van der Waals surface area contributed by atoms with Crippen molar-refractivity contribution in [1.82, 2.24) is 10.2 Å². The molecule has 0 spiro atoms. The molecule has 1 aromatic rings. The summed E-state index contributed by atoms with van der Waals surface area (Å²) in [4.78, 5) is 47.8. The average Bonchev–Trinajstić information content (AvgIpc) is 2.81. The standard InChI is InChI=1S/C17H21FN4O5/c1-3-7-17(8-4-2)15(24)21(16(25)20-17)10-14(23)19-11-5-6-12(18)13(9-11)22(26)27/h5-6,9H,3-4,7-8,10H2,1-2H3,(H,19,23)(H,20,25). The van der Waals surface area contributed by atoms with Crippen LogP contribution < -0.4 is 10.6 Å². The minimum absolute atomic E-state index is 0.00599. The summed E-state index contributed by atoms with van der Waals surface area (Å²) in [7, 11) is 0. The van der Waals surface area contributed by atoms with E-state index in [9.17, 15) is 28.9 Å². The molecule has 2 rings (SSSR count). The number of benzene rings is 1. The third kappa shape index (κ3) is 4.21. The first-order chi connectivity index (χ1) is 12.7. The van der Waals surface area contributed by atoms with Gasteiger partial charge < -0.3 is 10.6 Å². The van der Waals surface area contributed by atoms with Crippen molar-refractivity contribution < 1.29 is 23.7 Å². The third-order valence-corrected chi connectivity index (χ3v) is 4.33. The summed E-state index contributed by atoms with van der Waals surface area (Å²) in [5, 5.41) is 15.8. The van der Waals surface area contributed by atoms with Crippen molar-refractivity contribution in [2.45, 2.75) is 45.1 Å². The van der Waals surface area contributed by atoms with E-state index in [1.807, 2.05) is 13.8 Å². The van der Waals surface area contributed by atoms with Gasteiger partial charge in [-0.15, -0.1) is 0 Å². The third-order valence-electron chi connectivity index (χ3n) is 4.33. The van der Waals surface area contributed by atoms with Gasteiger partial charge in [-0.2, -0.15) is 4.39 Å². The van der Waals surface area contributed by atoms with E-state index in [1.165, 1.54) is 0 Å². The molecule has 1 aliphatic rings. The number of imide groups is 1. The normalized spacial score (nSPS) is 15.6. The van der Waals surface area contributed by atoms with Gasteiger partial charge in [-0.05, 0) is 25.0 Å². The second kappa shape index (κ2) is 8.11. The molecule has 0 aliphatic carbocycles. The molecule has 9 nitrogen and oxygen atoms in total. The number of nitrogens with one attached hydrogen (secondary N) is 2. The molecule has 10 heteroatoms. The fourth-order valence-electron chi connectivity index (χ4n) is 3.21. The minimum Gasteiger partial charge on any atom is -0.324 e. The van der Waals surface area contributed by atoms with Crippen molar-refractivity contribution in [2.75, 3.05) is 11.9 Å². The van der Waals surface area contributed by atoms with E-state index in [0.29, 0.717) is 25.7 Å². The molecule has 1 fully saturated rings. The van der Waals surface area contributed by atoms with Crippen molar-refractivity contribution in [1.29, 1.82) is 0 Å². The van der Waals surface area contributed by atoms with Gasteiger partial charge in [0.15, 0.2) is 0 Å². The molecule has 27 heavy (non-hydrogen) atoms. The number of hydrogen-bond donors (Lipinski definition) is 2. The Kier molecular flexibility index (Phi) is 6.09. The molecule has 0 atom stereocenters. The Morgan fingerprint density at radius 2 is 1.93 bits per heavy atom. The highest BCUT2D eigenvalue weighted by Crippen LogP contribution is 2.28. The Labute approximate surface area is 155 Å². The van der Waals surface area contributed by atoms with Gasteiger partial charge >= 0.3 is 11.7 Å². The summed E-state index contributed by atoms with van der Waals surface area (Å²) >= 11 is 0. The number of hydrogen-bond acceptors (Lipinski definition) is 5. The summed E-state index contributed by atoms with van der Waals surface area (Å²) in [5.74, 6) is -2.21. The van der Waals surface area contributed by atoms with Crippen molar-refractivity contribution in [3.8, 4) is 0 Å². The summed E-state index contributed by atoms with van der Waals surface area (Å²) in [5.41, 5.74) is -1.79. The van der Waals surface area contributed by atoms with Crippen LogP contribution in [0.4, 0.5) is 20.6 Å². The number of nitro benzene ring substituents is 1. The van der Waals surface area contributed by atoms with Crippen LogP contribution in [0.2, 0.25) is 0 Å². The highest BCUT2D eigenvalue weighted by Gasteiger charge is 2.50. The predicted molar refractivity (Wildman–Crippen MR) is 94.5 cm³/mol. The Hall–Kier alpha value is -3.04. The average molecular weight is 380 g/mol. The Balaban J connectivity index is 2.11. The van der Waals surface area contributed by atoms with Crippen LogP contribution in [0.3, 0.4) is 0 Å². The number of anilines is 1. The van der Waals surface area contributed by atoms with Crippen LogP contribution in [0.25, 0.3) is 0 Å².